The topological polar surface area (TPSA) is 66.8 Å². The van der Waals surface area contributed by atoms with Crippen molar-refractivity contribution in [2.75, 3.05) is 13.6 Å². The fraction of sp³-hybridized carbons (Fsp3) is 0.385. The second-order valence-corrected chi connectivity index (χ2v) is 4.30. The van der Waals surface area contributed by atoms with E-state index in [1.165, 1.54) is 24.1 Å². The maximum absolute atomic E-state index is 12.1. The van der Waals surface area contributed by atoms with Crippen LogP contribution in [0.2, 0.25) is 0 Å². The third-order valence-electron chi connectivity index (χ3n) is 2.55. The first-order valence-electron chi connectivity index (χ1n) is 6.02. The van der Waals surface area contributed by atoms with Gasteiger partial charge in [0.1, 0.15) is 5.75 Å². The summed E-state index contributed by atoms with van der Waals surface area (Å²) in [5.41, 5.74) is 0.0366. The van der Waals surface area contributed by atoms with Crippen LogP contribution in [-0.4, -0.2) is 41.8 Å². The summed E-state index contributed by atoms with van der Waals surface area (Å²) in [5, 5.41) is 8.50. The Morgan fingerprint density at radius 2 is 2.00 bits per heavy atom. The number of carboxylic acid groups (broad SMARTS) is 1. The number of rotatable bonds is 6. The van der Waals surface area contributed by atoms with E-state index in [0.29, 0.717) is 0 Å². The lowest BCUT2D eigenvalue weighted by Crippen LogP contribution is -2.28. The van der Waals surface area contributed by atoms with Gasteiger partial charge in [-0.05, 0) is 24.6 Å². The Labute approximate surface area is 118 Å². The molecule has 0 aliphatic rings. The molecule has 0 heterocycles. The molecular formula is C13H14F3NO4. The lowest BCUT2D eigenvalue weighted by Gasteiger charge is -2.17. The highest BCUT2D eigenvalue weighted by atomic mass is 19.4. The van der Waals surface area contributed by atoms with Gasteiger partial charge in [-0.3, -0.25) is 9.59 Å². The second-order valence-electron chi connectivity index (χ2n) is 4.30. The lowest BCUT2D eigenvalue weighted by atomic mass is 10.2. The predicted molar refractivity (Wildman–Crippen MR) is 67.0 cm³/mol. The number of carbonyl (C=O) groups is 2. The minimum atomic E-state index is -4.82. The number of halogens is 3. The van der Waals surface area contributed by atoms with Crippen molar-refractivity contribution in [1.29, 1.82) is 0 Å². The van der Waals surface area contributed by atoms with Gasteiger partial charge in [-0.1, -0.05) is 6.07 Å². The number of carbonyl (C=O) groups excluding carboxylic acids is 1. The minimum absolute atomic E-state index is 0.0366. The molecule has 116 valence electrons. The molecule has 0 unspecified atom stereocenters. The molecule has 1 rings (SSSR count). The Morgan fingerprint density at radius 1 is 1.33 bits per heavy atom. The number of nitrogens with zero attached hydrogens (tertiary/aromatic N) is 1. The van der Waals surface area contributed by atoms with Crippen molar-refractivity contribution in [2.24, 2.45) is 0 Å². The van der Waals surface area contributed by atoms with Gasteiger partial charge in [0.15, 0.2) is 0 Å². The molecule has 21 heavy (non-hydrogen) atoms. The first-order valence-corrected chi connectivity index (χ1v) is 6.02. The number of hydrogen-bond donors (Lipinski definition) is 1. The van der Waals surface area contributed by atoms with Crippen molar-refractivity contribution in [3.63, 3.8) is 0 Å². The summed E-state index contributed by atoms with van der Waals surface area (Å²) in [6.45, 7) is 0.190. The van der Waals surface area contributed by atoms with E-state index in [1.807, 2.05) is 0 Å². The minimum Gasteiger partial charge on any atom is -0.481 e. The van der Waals surface area contributed by atoms with E-state index in [1.54, 1.807) is 0 Å². The van der Waals surface area contributed by atoms with E-state index in [-0.39, 0.29) is 24.9 Å². The van der Waals surface area contributed by atoms with Gasteiger partial charge in [0.25, 0.3) is 5.91 Å². The van der Waals surface area contributed by atoms with Crippen LogP contribution in [0.4, 0.5) is 13.2 Å². The van der Waals surface area contributed by atoms with Crippen LogP contribution >= 0.6 is 0 Å². The molecule has 1 N–H and O–H groups in total. The van der Waals surface area contributed by atoms with Crippen molar-refractivity contribution >= 4 is 11.9 Å². The standard InChI is InChI=1S/C13H14F3NO4/c1-17(7-3-6-11(18)19)12(20)9-4-2-5-10(8-9)21-13(14,15)16/h2,4-5,8H,3,6-7H2,1H3,(H,18,19). The summed E-state index contributed by atoms with van der Waals surface area (Å²) in [4.78, 5) is 23.6. The summed E-state index contributed by atoms with van der Waals surface area (Å²) in [6, 6.07) is 4.72. The van der Waals surface area contributed by atoms with Crippen LogP contribution in [0.25, 0.3) is 0 Å². The monoisotopic (exact) mass is 305 g/mol. The van der Waals surface area contributed by atoms with Crippen molar-refractivity contribution in [2.45, 2.75) is 19.2 Å². The van der Waals surface area contributed by atoms with Crippen molar-refractivity contribution < 1.29 is 32.6 Å². The maximum atomic E-state index is 12.1. The van der Waals surface area contributed by atoms with Gasteiger partial charge in [-0.15, -0.1) is 13.2 Å². The van der Waals surface area contributed by atoms with Crippen LogP contribution in [0, 0.1) is 0 Å². The Kier molecular flexibility index (Phi) is 5.57. The zero-order chi connectivity index (χ0) is 16.0. The van der Waals surface area contributed by atoms with E-state index in [2.05, 4.69) is 4.74 Å². The molecule has 8 heteroatoms. The highest BCUT2D eigenvalue weighted by Crippen LogP contribution is 2.23. The Balaban J connectivity index is 2.69. The van der Waals surface area contributed by atoms with Crippen LogP contribution < -0.4 is 4.74 Å². The van der Waals surface area contributed by atoms with Gasteiger partial charge in [-0.2, -0.15) is 0 Å². The molecule has 1 amide bonds. The highest BCUT2D eigenvalue weighted by molar-refractivity contribution is 5.94. The van der Waals surface area contributed by atoms with Crippen LogP contribution in [0.5, 0.6) is 5.75 Å². The molecule has 0 saturated carbocycles. The summed E-state index contributed by atoms with van der Waals surface area (Å²) in [5.74, 6) is -1.96. The number of aliphatic carboxylic acids is 1. The zero-order valence-electron chi connectivity index (χ0n) is 11.2. The van der Waals surface area contributed by atoms with Gasteiger partial charge >= 0.3 is 12.3 Å². The fourth-order valence-corrected chi connectivity index (χ4v) is 1.62. The highest BCUT2D eigenvalue weighted by Gasteiger charge is 2.31. The number of carboxylic acids is 1. The van der Waals surface area contributed by atoms with E-state index >= 15 is 0 Å². The third kappa shape index (κ3) is 6.15. The maximum Gasteiger partial charge on any atom is 0.573 e. The molecule has 0 aliphatic carbocycles. The summed E-state index contributed by atoms with van der Waals surface area (Å²) in [6.07, 6.45) is -4.65. The Bertz CT molecular complexity index is 516. The second kappa shape index (κ2) is 6.96. The normalized spacial score (nSPS) is 11.0. The first-order chi connectivity index (χ1) is 9.69. The first kappa shape index (κ1) is 16.8. The number of amides is 1. The van der Waals surface area contributed by atoms with E-state index < -0.39 is 24.0 Å². The molecule has 0 spiro atoms. The van der Waals surface area contributed by atoms with Crippen LogP contribution in [-0.2, 0) is 4.79 Å². The number of benzene rings is 1. The summed E-state index contributed by atoms with van der Waals surface area (Å²) >= 11 is 0. The fourth-order valence-electron chi connectivity index (χ4n) is 1.62. The molecule has 0 radical (unpaired) electrons. The SMILES string of the molecule is CN(CCCC(=O)O)C(=O)c1cccc(OC(F)(F)F)c1. The molecule has 5 nitrogen and oxygen atoms in total. The molecule has 0 aliphatic heterocycles. The smallest absolute Gasteiger partial charge is 0.481 e. The zero-order valence-corrected chi connectivity index (χ0v) is 11.2. The van der Waals surface area contributed by atoms with Gasteiger partial charge in [0, 0.05) is 25.6 Å². The molecule has 0 saturated heterocycles. The van der Waals surface area contributed by atoms with Gasteiger partial charge in [0.2, 0.25) is 0 Å². The number of ether oxygens (including phenoxy) is 1. The number of hydrogen-bond acceptors (Lipinski definition) is 3. The van der Waals surface area contributed by atoms with Gasteiger partial charge < -0.3 is 14.7 Å². The summed E-state index contributed by atoms with van der Waals surface area (Å²) in [7, 11) is 1.45. The number of alkyl halides is 3. The predicted octanol–water partition coefficient (Wildman–Crippen LogP) is 2.52. The average molecular weight is 305 g/mol. The Morgan fingerprint density at radius 3 is 2.57 bits per heavy atom. The average Bonchev–Trinajstić information content (AvgIpc) is 2.35. The van der Waals surface area contributed by atoms with E-state index in [4.69, 9.17) is 5.11 Å². The quantitative estimate of drug-likeness (QED) is 0.877. The molecular weight excluding hydrogens is 291 g/mol. The van der Waals surface area contributed by atoms with Crippen LogP contribution in [0.15, 0.2) is 24.3 Å². The third-order valence-corrected chi connectivity index (χ3v) is 2.55. The molecule has 0 fully saturated rings. The molecule has 0 aromatic heterocycles. The van der Waals surface area contributed by atoms with Crippen LogP contribution in [0.3, 0.4) is 0 Å². The Hall–Kier alpha value is -2.25. The van der Waals surface area contributed by atoms with Crippen LogP contribution in [0.1, 0.15) is 23.2 Å². The van der Waals surface area contributed by atoms with Gasteiger partial charge in [-0.25, -0.2) is 0 Å². The molecule has 0 bridgehead atoms. The largest absolute Gasteiger partial charge is 0.573 e. The van der Waals surface area contributed by atoms with Crippen molar-refractivity contribution in [3.05, 3.63) is 29.8 Å². The lowest BCUT2D eigenvalue weighted by molar-refractivity contribution is -0.274. The molecule has 0 atom stereocenters. The van der Waals surface area contributed by atoms with Crippen molar-refractivity contribution in [3.8, 4) is 5.75 Å². The van der Waals surface area contributed by atoms with E-state index in [0.717, 1.165) is 12.1 Å². The summed E-state index contributed by atoms with van der Waals surface area (Å²) < 4.78 is 40.0. The van der Waals surface area contributed by atoms with Gasteiger partial charge in [0.05, 0.1) is 0 Å². The molecule has 1 aromatic carbocycles. The van der Waals surface area contributed by atoms with Crippen molar-refractivity contribution in [1.82, 2.24) is 4.90 Å². The van der Waals surface area contributed by atoms with E-state index in [9.17, 15) is 22.8 Å². The molecule has 1 aromatic rings.